The predicted octanol–water partition coefficient (Wildman–Crippen LogP) is 3.40. The Kier molecular flexibility index (Phi) is 2.79. The first kappa shape index (κ1) is 11.9. The summed E-state index contributed by atoms with van der Waals surface area (Å²) < 4.78 is 38.6. The topological polar surface area (TPSA) is 29.4 Å². The molecule has 0 unspecified atom stereocenters. The Hall–Kier alpha value is -1.61. The van der Waals surface area contributed by atoms with Crippen LogP contribution in [-0.4, -0.2) is 6.08 Å². The van der Waals surface area contributed by atoms with E-state index in [0.29, 0.717) is 18.4 Å². The minimum atomic E-state index is -2.84. The molecule has 0 aromatic heterocycles. The molecule has 0 saturated heterocycles. The summed E-state index contributed by atoms with van der Waals surface area (Å²) in [5.41, 5.74) is -0.657. The lowest BCUT2D eigenvalue weighted by Crippen LogP contribution is -2.06. The van der Waals surface area contributed by atoms with Gasteiger partial charge in [0.25, 0.3) is 6.43 Å². The molecular formula is C12H10F3NO. The highest BCUT2D eigenvalue weighted by molar-refractivity contribution is 5.44. The Balaban J connectivity index is 2.50. The Morgan fingerprint density at radius 1 is 1.41 bits per heavy atom. The van der Waals surface area contributed by atoms with Crippen molar-refractivity contribution in [1.29, 1.82) is 0 Å². The highest BCUT2D eigenvalue weighted by Gasteiger charge is 2.45. The second-order valence-corrected chi connectivity index (χ2v) is 4.22. The summed E-state index contributed by atoms with van der Waals surface area (Å²) in [7, 11) is 0. The molecule has 0 radical (unpaired) electrons. The number of aliphatic imine (C=N–C) groups is 1. The van der Waals surface area contributed by atoms with E-state index in [4.69, 9.17) is 0 Å². The number of nitrogens with zero attached hydrogens (tertiary/aromatic N) is 1. The molecular weight excluding hydrogens is 231 g/mol. The SMILES string of the molecule is Cc1cc(C2(N=C=O)CC2)cc(F)c1C(F)F. The van der Waals surface area contributed by atoms with Crippen LogP contribution < -0.4 is 0 Å². The van der Waals surface area contributed by atoms with Gasteiger partial charge < -0.3 is 0 Å². The molecule has 1 saturated carbocycles. The van der Waals surface area contributed by atoms with Crippen LogP contribution in [0.2, 0.25) is 0 Å². The molecule has 1 aliphatic carbocycles. The molecule has 2 rings (SSSR count). The third-order valence-corrected chi connectivity index (χ3v) is 3.08. The normalized spacial score (nSPS) is 16.8. The highest BCUT2D eigenvalue weighted by Crippen LogP contribution is 2.50. The number of alkyl halides is 2. The lowest BCUT2D eigenvalue weighted by molar-refractivity contribution is 0.145. The fourth-order valence-electron chi connectivity index (χ4n) is 1.97. The first-order valence-corrected chi connectivity index (χ1v) is 5.18. The van der Waals surface area contributed by atoms with E-state index in [9.17, 15) is 18.0 Å². The number of hydrogen-bond acceptors (Lipinski definition) is 2. The first-order chi connectivity index (χ1) is 8.00. The first-order valence-electron chi connectivity index (χ1n) is 5.18. The Labute approximate surface area is 96.2 Å². The van der Waals surface area contributed by atoms with Crippen LogP contribution in [0.15, 0.2) is 17.1 Å². The zero-order valence-electron chi connectivity index (χ0n) is 9.14. The van der Waals surface area contributed by atoms with Gasteiger partial charge in [0.1, 0.15) is 5.82 Å². The number of rotatable bonds is 3. The molecule has 1 aromatic carbocycles. The number of isocyanates is 1. The zero-order chi connectivity index (χ0) is 12.6. The van der Waals surface area contributed by atoms with Crippen LogP contribution in [0.25, 0.3) is 0 Å². The van der Waals surface area contributed by atoms with Crippen LogP contribution in [0.4, 0.5) is 13.2 Å². The maximum Gasteiger partial charge on any atom is 0.266 e. The summed E-state index contributed by atoms with van der Waals surface area (Å²) >= 11 is 0. The van der Waals surface area contributed by atoms with Gasteiger partial charge in [-0.25, -0.2) is 18.0 Å². The second kappa shape index (κ2) is 4.00. The predicted molar refractivity (Wildman–Crippen MR) is 55.1 cm³/mol. The van der Waals surface area contributed by atoms with Crippen LogP contribution in [0.5, 0.6) is 0 Å². The summed E-state index contributed by atoms with van der Waals surface area (Å²) in [4.78, 5) is 13.9. The average molecular weight is 241 g/mol. The largest absolute Gasteiger partial charge is 0.266 e. The quantitative estimate of drug-likeness (QED) is 0.589. The maximum absolute atomic E-state index is 13.5. The second-order valence-electron chi connectivity index (χ2n) is 4.22. The van der Waals surface area contributed by atoms with Gasteiger partial charge in [-0.05, 0) is 37.0 Å². The number of carbonyl (C=O) groups excluding carboxylic acids is 1. The van der Waals surface area contributed by atoms with Crippen LogP contribution in [0, 0.1) is 12.7 Å². The van der Waals surface area contributed by atoms with Gasteiger partial charge in [0.2, 0.25) is 6.08 Å². The molecule has 0 aliphatic heterocycles. The molecule has 0 heterocycles. The van der Waals surface area contributed by atoms with E-state index in [0.717, 1.165) is 6.07 Å². The van der Waals surface area contributed by atoms with Gasteiger partial charge in [-0.2, -0.15) is 4.99 Å². The molecule has 1 fully saturated rings. The molecule has 2 nitrogen and oxygen atoms in total. The fraction of sp³-hybridized carbons (Fsp3) is 0.417. The van der Waals surface area contributed by atoms with Gasteiger partial charge in [-0.3, -0.25) is 0 Å². The van der Waals surface area contributed by atoms with Gasteiger partial charge in [-0.15, -0.1) is 0 Å². The van der Waals surface area contributed by atoms with Crippen molar-refractivity contribution in [2.75, 3.05) is 0 Å². The van der Waals surface area contributed by atoms with Crippen LogP contribution in [0.3, 0.4) is 0 Å². The lowest BCUT2D eigenvalue weighted by atomic mass is 9.98. The maximum atomic E-state index is 13.5. The van der Waals surface area contributed by atoms with E-state index in [1.165, 1.54) is 19.1 Å². The van der Waals surface area contributed by atoms with Crippen molar-refractivity contribution in [2.24, 2.45) is 4.99 Å². The van der Waals surface area contributed by atoms with E-state index >= 15 is 0 Å². The van der Waals surface area contributed by atoms with Crippen molar-refractivity contribution in [3.63, 3.8) is 0 Å². The van der Waals surface area contributed by atoms with Crippen molar-refractivity contribution in [3.05, 3.63) is 34.6 Å². The monoisotopic (exact) mass is 241 g/mol. The third kappa shape index (κ3) is 1.98. The van der Waals surface area contributed by atoms with Gasteiger partial charge in [0.15, 0.2) is 0 Å². The van der Waals surface area contributed by atoms with Crippen molar-refractivity contribution in [2.45, 2.75) is 31.7 Å². The van der Waals surface area contributed by atoms with Crippen LogP contribution >= 0.6 is 0 Å². The molecule has 0 amide bonds. The molecule has 0 spiro atoms. The molecule has 1 aliphatic rings. The highest BCUT2D eigenvalue weighted by atomic mass is 19.3. The van der Waals surface area contributed by atoms with E-state index in [2.05, 4.69) is 4.99 Å². The minimum absolute atomic E-state index is 0.183. The molecule has 5 heteroatoms. The zero-order valence-corrected chi connectivity index (χ0v) is 9.14. The Morgan fingerprint density at radius 2 is 2.06 bits per heavy atom. The van der Waals surface area contributed by atoms with Crippen molar-refractivity contribution in [1.82, 2.24) is 0 Å². The molecule has 0 N–H and O–H groups in total. The fourth-order valence-corrected chi connectivity index (χ4v) is 1.97. The van der Waals surface area contributed by atoms with Gasteiger partial charge in [0, 0.05) is 0 Å². The minimum Gasteiger partial charge on any atom is -0.211 e. The van der Waals surface area contributed by atoms with Crippen LogP contribution in [-0.2, 0) is 10.3 Å². The molecule has 90 valence electrons. The van der Waals surface area contributed by atoms with Crippen molar-refractivity contribution < 1.29 is 18.0 Å². The molecule has 0 atom stereocenters. The van der Waals surface area contributed by atoms with Gasteiger partial charge >= 0.3 is 0 Å². The third-order valence-electron chi connectivity index (χ3n) is 3.08. The smallest absolute Gasteiger partial charge is 0.211 e. The van der Waals surface area contributed by atoms with Gasteiger partial charge in [0.05, 0.1) is 11.1 Å². The van der Waals surface area contributed by atoms with E-state index in [-0.39, 0.29) is 5.56 Å². The lowest BCUT2D eigenvalue weighted by Gasteiger charge is -2.13. The van der Waals surface area contributed by atoms with E-state index in [1.54, 1.807) is 0 Å². The standard InChI is InChI=1S/C12H10F3NO/c1-7-4-8(12(2-3-12)16-6-17)5-9(13)10(7)11(14)15/h4-5,11H,2-3H2,1H3. The number of aryl methyl sites for hydroxylation is 1. The summed E-state index contributed by atoms with van der Waals surface area (Å²) in [6, 6.07) is 2.51. The molecule has 0 bridgehead atoms. The molecule has 17 heavy (non-hydrogen) atoms. The van der Waals surface area contributed by atoms with Crippen molar-refractivity contribution >= 4 is 6.08 Å². The van der Waals surface area contributed by atoms with Crippen LogP contribution in [0.1, 0.15) is 36.0 Å². The number of hydrogen-bond donors (Lipinski definition) is 0. The summed E-state index contributed by atoms with van der Waals surface area (Å²) in [5, 5.41) is 0. The van der Waals surface area contributed by atoms with E-state index < -0.39 is 23.3 Å². The summed E-state index contributed by atoms with van der Waals surface area (Å²) in [6.07, 6.45) is -0.149. The summed E-state index contributed by atoms with van der Waals surface area (Å²) in [5.74, 6) is -0.942. The number of benzene rings is 1. The number of halogens is 3. The average Bonchev–Trinajstić information content (AvgIpc) is 2.97. The Bertz CT molecular complexity index is 479. The van der Waals surface area contributed by atoms with Crippen molar-refractivity contribution in [3.8, 4) is 0 Å². The Morgan fingerprint density at radius 3 is 2.47 bits per heavy atom. The molecule has 1 aromatic rings. The van der Waals surface area contributed by atoms with Gasteiger partial charge in [-0.1, -0.05) is 6.07 Å². The summed E-state index contributed by atoms with van der Waals surface area (Å²) in [6.45, 7) is 1.43. The van der Waals surface area contributed by atoms with E-state index in [1.807, 2.05) is 0 Å².